The largest absolute Gasteiger partial charge is 0.345 e. The van der Waals surface area contributed by atoms with Gasteiger partial charge in [0.05, 0.1) is 38.7 Å². The normalized spacial score (nSPS) is 16.0. The van der Waals surface area contributed by atoms with E-state index in [9.17, 15) is 0 Å². The van der Waals surface area contributed by atoms with E-state index in [0.29, 0.717) is 0 Å². The van der Waals surface area contributed by atoms with Gasteiger partial charge in [0.1, 0.15) is 5.82 Å². The minimum atomic E-state index is 0.767. The van der Waals surface area contributed by atoms with E-state index in [0.717, 1.165) is 54.3 Å². The van der Waals surface area contributed by atoms with Gasteiger partial charge in [0.25, 0.3) is 0 Å². The van der Waals surface area contributed by atoms with Gasteiger partial charge in [0, 0.05) is 5.39 Å². The molecule has 1 aliphatic heterocycles. The Balaban J connectivity index is 1.72. The van der Waals surface area contributed by atoms with Crippen LogP contribution in [0.4, 0.5) is 5.82 Å². The highest BCUT2D eigenvalue weighted by molar-refractivity contribution is 5.90. The van der Waals surface area contributed by atoms with E-state index in [1.54, 1.807) is 4.90 Å². The monoisotopic (exact) mass is 331 g/mol. The van der Waals surface area contributed by atoms with E-state index in [1.165, 1.54) is 0 Å². The van der Waals surface area contributed by atoms with Gasteiger partial charge >= 0.3 is 0 Å². The van der Waals surface area contributed by atoms with Crippen molar-refractivity contribution in [3.63, 3.8) is 0 Å². The highest BCUT2D eigenvalue weighted by Crippen LogP contribution is 2.24. The van der Waals surface area contributed by atoms with Gasteiger partial charge < -0.3 is 9.80 Å². The summed E-state index contributed by atoms with van der Waals surface area (Å²) in [6.07, 6.45) is 4.08. The highest BCUT2D eigenvalue weighted by Gasteiger charge is 2.20. The molecule has 0 aliphatic carbocycles. The molecular weight excluding hydrogens is 308 g/mol. The second-order valence-corrected chi connectivity index (χ2v) is 6.61. The fraction of sp³-hybridized carbons (Fsp3) is 0.238. The molecule has 2 heterocycles. The Labute approximate surface area is 148 Å². The van der Waals surface area contributed by atoms with Crippen LogP contribution in [0.15, 0.2) is 54.6 Å². The van der Waals surface area contributed by atoms with E-state index in [2.05, 4.69) is 48.4 Å². The number of hydrogen-bond acceptors (Lipinski definition) is 3. The number of piperazine rings is 1. The number of benzene rings is 2. The number of nitrogens with one attached hydrogen (secondary N) is 1. The number of para-hydroxylation sites is 1. The summed E-state index contributed by atoms with van der Waals surface area (Å²) in [4.78, 5) is 13.6. The second-order valence-electron chi connectivity index (χ2n) is 6.61. The summed E-state index contributed by atoms with van der Waals surface area (Å²) in [7, 11) is 2.25. The third-order valence-electron chi connectivity index (χ3n) is 4.74. The van der Waals surface area contributed by atoms with Crippen LogP contribution in [-0.4, -0.2) is 43.2 Å². The molecule has 0 spiro atoms. The zero-order valence-corrected chi connectivity index (χ0v) is 14.5. The van der Waals surface area contributed by atoms with Crippen LogP contribution in [0.25, 0.3) is 23.1 Å². The SMILES string of the molecule is C[NH+]1CCN(c2nc(/C=C/c3ccccc3)nc3ccccc23)CC1. The topological polar surface area (TPSA) is 33.5 Å². The van der Waals surface area contributed by atoms with Crippen molar-refractivity contribution in [2.45, 2.75) is 0 Å². The first-order chi connectivity index (χ1) is 12.3. The molecule has 0 unspecified atom stereocenters. The van der Waals surface area contributed by atoms with Gasteiger partial charge in [0.2, 0.25) is 0 Å². The number of fused-ring (bicyclic) bond motifs is 1. The van der Waals surface area contributed by atoms with Crippen molar-refractivity contribution in [2.24, 2.45) is 0 Å². The lowest BCUT2D eigenvalue weighted by atomic mass is 10.2. The Morgan fingerprint density at radius 3 is 2.40 bits per heavy atom. The van der Waals surface area contributed by atoms with Crippen LogP contribution in [0.3, 0.4) is 0 Å². The maximum Gasteiger partial charge on any atom is 0.154 e. The number of hydrogen-bond donors (Lipinski definition) is 1. The molecule has 1 N–H and O–H groups in total. The lowest BCUT2D eigenvalue weighted by molar-refractivity contribution is -0.880. The van der Waals surface area contributed by atoms with Gasteiger partial charge in [-0.25, -0.2) is 9.97 Å². The van der Waals surface area contributed by atoms with Crippen LogP contribution in [0.1, 0.15) is 11.4 Å². The molecule has 0 radical (unpaired) electrons. The van der Waals surface area contributed by atoms with Crippen molar-refractivity contribution < 1.29 is 4.90 Å². The summed E-state index contributed by atoms with van der Waals surface area (Å²) >= 11 is 0. The van der Waals surface area contributed by atoms with E-state index in [1.807, 2.05) is 30.3 Å². The molecule has 1 fully saturated rings. The highest BCUT2D eigenvalue weighted by atomic mass is 15.3. The minimum Gasteiger partial charge on any atom is -0.345 e. The maximum absolute atomic E-state index is 4.88. The molecule has 2 aromatic carbocycles. The standard InChI is InChI=1S/C21H22N4/c1-24-13-15-25(16-14-24)21-18-9-5-6-10-19(18)22-20(23-21)12-11-17-7-3-2-4-8-17/h2-12H,13-16H2,1H3/p+1/b12-11+. The van der Waals surface area contributed by atoms with E-state index in [-0.39, 0.29) is 0 Å². The molecule has 0 atom stereocenters. The van der Waals surface area contributed by atoms with Gasteiger partial charge in [0.15, 0.2) is 5.82 Å². The van der Waals surface area contributed by atoms with Crippen LogP contribution in [-0.2, 0) is 0 Å². The summed E-state index contributed by atoms with van der Waals surface area (Å²) in [5.41, 5.74) is 2.16. The summed E-state index contributed by atoms with van der Waals surface area (Å²) in [5, 5.41) is 1.14. The van der Waals surface area contributed by atoms with Gasteiger partial charge in [-0.1, -0.05) is 48.5 Å². The average molecular weight is 331 g/mol. The van der Waals surface area contributed by atoms with Gasteiger partial charge in [-0.3, -0.25) is 0 Å². The number of aromatic nitrogens is 2. The molecule has 3 aromatic rings. The minimum absolute atomic E-state index is 0.767. The van der Waals surface area contributed by atoms with E-state index >= 15 is 0 Å². The van der Waals surface area contributed by atoms with Crippen molar-refractivity contribution >= 4 is 28.9 Å². The summed E-state index contributed by atoms with van der Waals surface area (Å²) < 4.78 is 0. The zero-order chi connectivity index (χ0) is 17.1. The number of likely N-dealkylation sites (N-methyl/N-ethyl adjacent to an activating group) is 1. The predicted molar refractivity (Wildman–Crippen MR) is 104 cm³/mol. The van der Waals surface area contributed by atoms with Crippen molar-refractivity contribution in [2.75, 3.05) is 38.1 Å². The molecule has 4 rings (SSSR count). The first-order valence-electron chi connectivity index (χ1n) is 8.86. The third kappa shape index (κ3) is 3.54. The fourth-order valence-corrected chi connectivity index (χ4v) is 3.23. The van der Waals surface area contributed by atoms with E-state index < -0.39 is 0 Å². The molecule has 4 nitrogen and oxygen atoms in total. The Hall–Kier alpha value is -2.72. The fourth-order valence-electron chi connectivity index (χ4n) is 3.23. The molecule has 1 aromatic heterocycles. The van der Waals surface area contributed by atoms with Crippen molar-refractivity contribution in [3.05, 3.63) is 66.0 Å². The third-order valence-corrected chi connectivity index (χ3v) is 4.74. The molecular formula is C21H23N4+. The zero-order valence-electron chi connectivity index (χ0n) is 14.5. The van der Waals surface area contributed by atoms with Gasteiger partial charge in [-0.15, -0.1) is 0 Å². The molecule has 0 saturated carbocycles. The molecule has 1 aliphatic rings. The van der Waals surface area contributed by atoms with Crippen LogP contribution in [0, 0.1) is 0 Å². The Morgan fingerprint density at radius 2 is 1.60 bits per heavy atom. The molecule has 0 amide bonds. The Bertz CT molecular complexity index is 881. The number of rotatable bonds is 3. The quantitative estimate of drug-likeness (QED) is 0.798. The van der Waals surface area contributed by atoms with Crippen molar-refractivity contribution in [1.82, 2.24) is 9.97 Å². The van der Waals surface area contributed by atoms with Crippen LogP contribution < -0.4 is 9.80 Å². The lowest BCUT2D eigenvalue weighted by Gasteiger charge is -2.31. The molecule has 1 saturated heterocycles. The number of nitrogens with zero attached hydrogens (tertiary/aromatic N) is 3. The van der Waals surface area contributed by atoms with Crippen LogP contribution in [0.5, 0.6) is 0 Å². The van der Waals surface area contributed by atoms with Gasteiger partial charge in [-0.2, -0.15) is 0 Å². The van der Waals surface area contributed by atoms with Crippen molar-refractivity contribution in [1.29, 1.82) is 0 Å². The maximum atomic E-state index is 4.88. The van der Waals surface area contributed by atoms with Gasteiger partial charge in [-0.05, 0) is 23.8 Å². The second kappa shape index (κ2) is 7.03. The smallest absolute Gasteiger partial charge is 0.154 e. The molecule has 0 bridgehead atoms. The van der Waals surface area contributed by atoms with E-state index in [4.69, 9.17) is 9.97 Å². The number of anilines is 1. The number of quaternary nitrogens is 1. The average Bonchev–Trinajstić information content (AvgIpc) is 2.67. The Kier molecular flexibility index (Phi) is 4.44. The first kappa shape index (κ1) is 15.8. The first-order valence-corrected chi connectivity index (χ1v) is 8.86. The molecule has 4 heteroatoms. The Morgan fingerprint density at radius 1 is 0.880 bits per heavy atom. The van der Waals surface area contributed by atoms with Crippen LogP contribution >= 0.6 is 0 Å². The van der Waals surface area contributed by atoms with Crippen molar-refractivity contribution in [3.8, 4) is 0 Å². The summed E-state index contributed by atoms with van der Waals surface area (Å²) in [6, 6.07) is 18.6. The molecule has 25 heavy (non-hydrogen) atoms. The predicted octanol–water partition coefficient (Wildman–Crippen LogP) is 2.13. The van der Waals surface area contributed by atoms with Crippen LogP contribution in [0.2, 0.25) is 0 Å². The summed E-state index contributed by atoms with van der Waals surface area (Å²) in [6.45, 7) is 4.37. The lowest BCUT2D eigenvalue weighted by Crippen LogP contribution is -3.12. The molecule has 126 valence electrons. The summed E-state index contributed by atoms with van der Waals surface area (Å²) in [5.74, 6) is 1.83.